The predicted octanol–water partition coefficient (Wildman–Crippen LogP) is 2.29. The van der Waals surface area contributed by atoms with Crippen LogP contribution in [0.25, 0.3) is 0 Å². The molecule has 0 saturated carbocycles. The van der Waals surface area contributed by atoms with Gasteiger partial charge in [0.1, 0.15) is 17.1 Å². The standard InChI is InChI=1S/C24H24FN3O4/c1-3-12(2)28-21(30)19-18(10-13-4-7-15(29)8-5-13)27-24(20(19)22(28)31)16-11-14(25)6-9-17(16)26-23(24)32/h4-9,11-12,18-20,27,29H,3,10H2,1-2H3,(H,26,32)/t12-,18-,19+,20-,24+/m0/s1. The summed E-state index contributed by atoms with van der Waals surface area (Å²) >= 11 is 0. The van der Waals surface area contributed by atoms with Crippen LogP contribution >= 0.6 is 0 Å². The van der Waals surface area contributed by atoms with Crippen LogP contribution in [0.2, 0.25) is 0 Å². The summed E-state index contributed by atoms with van der Waals surface area (Å²) in [5.41, 5.74) is 0.128. The van der Waals surface area contributed by atoms with Gasteiger partial charge in [-0.3, -0.25) is 24.6 Å². The molecule has 3 aliphatic rings. The van der Waals surface area contributed by atoms with Crippen LogP contribution in [0.4, 0.5) is 10.1 Å². The van der Waals surface area contributed by atoms with Crippen molar-refractivity contribution in [3.05, 3.63) is 59.4 Å². The van der Waals surface area contributed by atoms with Gasteiger partial charge < -0.3 is 10.4 Å². The number of amides is 3. The lowest BCUT2D eigenvalue weighted by Crippen LogP contribution is -2.54. The first kappa shape index (κ1) is 20.6. The van der Waals surface area contributed by atoms with Crippen LogP contribution in [0.1, 0.15) is 31.4 Å². The summed E-state index contributed by atoms with van der Waals surface area (Å²) in [6.07, 6.45) is 0.964. The van der Waals surface area contributed by atoms with Gasteiger partial charge in [-0.15, -0.1) is 0 Å². The van der Waals surface area contributed by atoms with Crippen molar-refractivity contribution in [2.75, 3.05) is 5.32 Å². The number of rotatable bonds is 4. The molecule has 3 amide bonds. The average molecular weight is 437 g/mol. The number of halogens is 1. The van der Waals surface area contributed by atoms with Crippen LogP contribution in [-0.2, 0) is 26.3 Å². The molecule has 0 bridgehead atoms. The second-order valence-electron chi connectivity index (χ2n) is 8.88. The fraction of sp³-hybridized carbons (Fsp3) is 0.375. The van der Waals surface area contributed by atoms with Gasteiger partial charge in [0.15, 0.2) is 0 Å². The van der Waals surface area contributed by atoms with Gasteiger partial charge in [-0.05, 0) is 55.7 Å². The molecule has 7 nitrogen and oxygen atoms in total. The zero-order valence-corrected chi connectivity index (χ0v) is 17.8. The molecule has 1 spiro atoms. The molecule has 8 heteroatoms. The smallest absolute Gasteiger partial charge is 0.250 e. The summed E-state index contributed by atoms with van der Waals surface area (Å²) in [7, 11) is 0. The van der Waals surface area contributed by atoms with Crippen molar-refractivity contribution in [1.29, 1.82) is 0 Å². The molecule has 2 aromatic carbocycles. The number of carbonyl (C=O) groups is 3. The summed E-state index contributed by atoms with van der Waals surface area (Å²) in [5, 5.41) is 15.7. The second kappa shape index (κ2) is 7.13. The van der Waals surface area contributed by atoms with Crippen LogP contribution in [0.15, 0.2) is 42.5 Å². The third kappa shape index (κ3) is 2.72. The van der Waals surface area contributed by atoms with E-state index in [-0.39, 0.29) is 17.7 Å². The molecule has 0 unspecified atom stereocenters. The number of phenols is 1. The van der Waals surface area contributed by atoms with Gasteiger partial charge in [0, 0.05) is 23.3 Å². The molecule has 0 radical (unpaired) electrons. The van der Waals surface area contributed by atoms with Crippen molar-refractivity contribution in [1.82, 2.24) is 10.2 Å². The van der Waals surface area contributed by atoms with Gasteiger partial charge in [-0.2, -0.15) is 0 Å². The van der Waals surface area contributed by atoms with Crippen molar-refractivity contribution >= 4 is 23.4 Å². The molecule has 3 N–H and O–H groups in total. The summed E-state index contributed by atoms with van der Waals surface area (Å²) in [4.78, 5) is 41.7. The molecule has 3 aliphatic heterocycles. The molecule has 5 rings (SSSR count). The monoisotopic (exact) mass is 437 g/mol. The Morgan fingerprint density at radius 2 is 1.84 bits per heavy atom. The lowest BCUT2D eigenvalue weighted by atomic mass is 9.76. The maximum atomic E-state index is 14.2. The molecule has 0 aliphatic carbocycles. The van der Waals surface area contributed by atoms with Crippen LogP contribution in [0, 0.1) is 17.7 Å². The van der Waals surface area contributed by atoms with E-state index in [0.29, 0.717) is 24.1 Å². The fourth-order valence-electron chi connectivity index (χ4n) is 5.47. The van der Waals surface area contributed by atoms with Crippen LogP contribution in [0.3, 0.4) is 0 Å². The average Bonchev–Trinajstić information content (AvgIpc) is 3.34. The minimum absolute atomic E-state index is 0.122. The van der Waals surface area contributed by atoms with Crippen molar-refractivity contribution in [3.63, 3.8) is 0 Å². The van der Waals surface area contributed by atoms with E-state index in [1.165, 1.54) is 23.1 Å². The maximum absolute atomic E-state index is 14.2. The van der Waals surface area contributed by atoms with Crippen molar-refractivity contribution in [2.24, 2.45) is 11.8 Å². The Kier molecular flexibility index (Phi) is 4.60. The number of fused-ring (bicyclic) bond motifs is 4. The van der Waals surface area contributed by atoms with Crippen molar-refractivity contribution in [3.8, 4) is 5.75 Å². The minimum atomic E-state index is -1.52. The molecule has 2 saturated heterocycles. The van der Waals surface area contributed by atoms with Gasteiger partial charge in [-0.1, -0.05) is 19.1 Å². The Labute approximate surface area is 184 Å². The first-order valence-corrected chi connectivity index (χ1v) is 10.8. The highest BCUT2D eigenvalue weighted by atomic mass is 19.1. The van der Waals surface area contributed by atoms with Gasteiger partial charge in [-0.25, -0.2) is 4.39 Å². The van der Waals surface area contributed by atoms with Gasteiger partial charge in [0.2, 0.25) is 17.7 Å². The molecule has 32 heavy (non-hydrogen) atoms. The molecule has 5 atom stereocenters. The van der Waals surface area contributed by atoms with E-state index in [1.807, 2.05) is 13.8 Å². The Balaban J connectivity index is 1.64. The number of hydrogen-bond acceptors (Lipinski definition) is 5. The number of hydrogen-bond donors (Lipinski definition) is 3. The first-order valence-electron chi connectivity index (χ1n) is 10.8. The Morgan fingerprint density at radius 1 is 1.12 bits per heavy atom. The SMILES string of the molecule is CC[C@H](C)N1C(=O)[C@@H]2[C@H](Cc3ccc(O)cc3)N[C@@]3(C(=O)Nc4ccc(F)cc43)[C@@H]2C1=O. The van der Waals surface area contributed by atoms with Crippen molar-refractivity contribution < 1.29 is 23.9 Å². The van der Waals surface area contributed by atoms with E-state index in [2.05, 4.69) is 10.6 Å². The topological polar surface area (TPSA) is 98.7 Å². The highest BCUT2D eigenvalue weighted by molar-refractivity contribution is 6.15. The highest BCUT2D eigenvalue weighted by Crippen LogP contribution is 2.53. The first-order chi connectivity index (χ1) is 15.3. The number of imide groups is 1. The molecule has 2 fully saturated rings. The molecule has 2 aromatic rings. The van der Waals surface area contributed by atoms with Crippen LogP contribution < -0.4 is 10.6 Å². The van der Waals surface area contributed by atoms with Gasteiger partial charge >= 0.3 is 0 Å². The molecular formula is C24H24FN3O4. The zero-order chi connectivity index (χ0) is 22.8. The summed E-state index contributed by atoms with van der Waals surface area (Å²) in [5.74, 6) is -3.28. The third-order valence-corrected chi connectivity index (χ3v) is 7.13. The number of benzene rings is 2. The zero-order valence-electron chi connectivity index (χ0n) is 17.8. The summed E-state index contributed by atoms with van der Waals surface area (Å²) in [6.45, 7) is 3.71. The number of nitrogens with one attached hydrogen (secondary N) is 2. The maximum Gasteiger partial charge on any atom is 0.250 e. The summed E-state index contributed by atoms with van der Waals surface area (Å²) in [6, 6.07) is 9.78. The minimum Gasteiger partial charge on any atom is -0.508 e. The Morgan fingerprint density at radius 3 is 2.53 bits per heavy atom. The van der Waals surface area contributed by atoms with E-state index < -0.39 is 41.0 Å². The number of carbonyl (C=O) groups excluding carboxylic acids is 3. The van der Waals surface area contributed by atoms with Crippen LogP contribution in [-0.4, -0.2) is 39.8 Å². The third-order valence-electron chi connectivity index (χ3n) is 7.13. The number of aromatic hydroxyl groups is 1. The fourth-order valence-corrected chi connectivity index (χ4v) is 5.47. The van der Waals surface area contributed by atoms with Crippen molar-refractivity contribution in [2.45, 2.75) is 44.3 Å². The quantitative estimate of drug-likeness (QED) is 0.638. The Hall–Kier alpha value is -3.26. The largest absolute Gasteiger partial charge is 0.508 e. The summed E-state index contributed by atoms with van der Waals surface area (Å²) < 4.78 is 14.2. The van der Waals surface area contributed by atoms with Crippen LogP contribution in [0.5, 0.6) is 5.75 Å². The van der Waals surface area contributed by atoms with E-state index in [0.717, 1.165) is 5.56 Å². The lowest BCUT2D eigenvalue weighted by Gasteiger charge is -2.31. The van der Waals surface area contributed by atoms with E-state index in [9.17, 15) is 23.9 Å². The lowest BCUT2D eigenvalue weighted by molar-refractivity contribution is -0.145. The normalized spacial score (nSPS) is 29.4. The van der Waals surface area contributed by atoms with E-state index >= 15 is 0 Å². The van der Waals surface area contributed by atoms with E-state index in [1.54, 1.807) is 24.3 Å². The molecule has 166 valence electrons. The second-order valence-corrected chi connectivity index (χ2v) is 8.88. The number of phenolic OH excluding ortho intramolecular Hbond substituents is 1. The van der Waals surface area contributed by atoms with Gasteiger partial charge in [0.25, 0.3) is 0 Å². The highest BCUT2D eigenvalue weighted by Gasteiger charge is 2.70. The van der Waals surface area contributed by atoms with Gasteiger partial charge in [0.05, 0.1) is 11.8 Å². The molecular weight excluding hydrogens is 413 g/mol. The molecule has 3 heterocycles. The number of nitrogens with zero attached hydrogens (tertiary/aromatic N) is 1. The molecule has 0 aromatic heterocycles. The van der Waals surface area contributed by atoms with E-state index in [4.69, 9.17) is 0 Å². The predicted molar refractivity (Wildman–Crippen MR) is 114 cm³/mol. The Bertz CT molecular complexity index is 1130. The number of anilines is 1. The number of likely N-dealkylation sites (tertiary alicyclic amines) is 1.